The van der Waals surface area contributed by atoms with E-state index < -0.39 is 14.0 Å². The molecule has 0 radical (unpaired) electrons. The largest absolute Gasteiger partial charge is 0.508 e. The number of fused-ring (bicyclic) bond motifs is 5. The molecule has 0 aliphatic heterocycles. The van der Waals surface area contributed by atoms with Gasteiger partial charge in [-0.05, 0) is 110 Å². The number of hydrogen-bond donors (Lipinski definition) is 1. The lowest BCUT2D eigenvalue weighted by Crippen LogP contribution is -2.54. The van der Waals surface area contributed by atoms with Crippen molar-refractivity contribution in [2.24, 2.45) is 52.3 Å². The van der Waals surface area contributed by atoms with E-state index in [1.165, 1.54) is 57.8 Å². The second-order valence-corrected chi connectivity index (χ2v) is 18.4. The van der Waals surface area contributed by atoms with E-state index in [2.05, 4.69) is 34.6 Å². The molecule has 0 bridgehead atoms. The molecule has 44 heavy (non-hydrogen) atoms. The summed E-state index contributed by atoms with van der Waals surface area (Å²) in [4.78, 5) is 22.3. The van der Waals surface area contributed by atoms with Crippen LogP contribution in [0.15, 0.2) is 0 Å². The molecule has 0 saturated heterocycles. The zero-order valence-electron chi connectivity index (χ0n) is 29.2. The maximum absolute atomic E-state index is 12.5. The molecule has 4 aliphatic carbocycles. The second kappa shape index (κ2) is 14.6. The van der Waals surface area contributed by atoms with Gasteiger partial charge >= 0.3 is 14.0 Å². The van der Waals surface area contributed by atoms with E-state index in [9.17, 15) is 14.3 Å². The van der Waals surface area contributed by atoms with Gasteiger partial charge in [-0.15, -0.1) is 0 Å². The monoisotopic (exact) mass is 642 g/mol. The molecule has 2 unspecified atom stereocenters. The predicted molar refractivity (Wildman–Crippen MR) is 174 cm³/mol. The Labute approximate surface area is 268 Å². The van der Waals surface area contributed by atoms with Gasteiger partial charge in [0.2, 0.25) is 0 Å². The van der Waals surface area contributed by atoms with Crippen LogP contribution in [0.1, 0.15) is 112 Å². The highest BCUT2D eigenvalue weighted by atomic mass is 31.2. The molecular weight excluding hydrogens is 577 g/mol. The predicted octanol–water partition coefficient (Wildman–Crippen LogP) is 8.47. The highest BCUT2D eigenvalue weighted by Crippen LogP contribution is 2.68. The van der Waals surface area contributed by atoms with Gasteiger partial charge in [-0.3, -0.25) is 9.05 Å². The molecule has 0 aromatic carbocycles. The van der Waals surface area contributed by atoms with E-state index in [1.54, 1.807) is 0 Å². The summed E-state index contributed by atoms with van der Waals surface area (Å²) in [6, 6.07) is 0. The van der Waals surface area contributed by atoms with Gasteiger partial charge in [-0.2, -0.15) is 0 Å². The fourth-order valence-electron chi connectivity index (χ4n) is 10.3. The molecular formula is C35H65NO7P+. The van der Waals surface area contributed by atoms with Crippen molar-refractivity contribution in [3.05, 3.63) is 0 Å². The van der Waals surface area contributed by atoms with Gasteiger partial charge in [0.05, 0.1) is 27.7 Å². The van der Waals surface area contributed by atoms with Gasteiger partial charge in [0.1, 0.15) is 25.9 Å². The molecule has 0 aromatic heterocycles. The maximum atomic E-state index is 12.5. The highest BCUT2D eigenvalue weighted by Gasteiger charge is 2.60. The van der Waals surface area contributed by atoms with E-state index in [1.807, 2.05) is 21.1 Å². The Balaban J connectivity index is 1.22. The summed E-state index contributed by atoms with van der Waals surface area (Å²) in [5.41, 5.74) is 0.841. The van der Waals surface area contributed by atoms with Crippen molar-refractivity contribution in [1.29, 1.82) is 0 Å². The molecule has 8 nitrogen and oxygen atoms in total. The van der Waals surface area contributed by atoms with Crippen molar-refractivity contribution in [2.75, 3.05) is 47.5 Å². The Hall–Kier alpha value is -0.660. The zero-order chi connectivity index (χ0) is 32.3. The highest BCUT2D eigenvalue weighted by molar-refractivity contribution is 7.47. The molecule has 10 atom stereocenters. The Morgan fingerprint density at radius 3 is 2.27 bits per heavy atom. The lowest BCUT2D eigenvalue weighted by atomic mass is 9.44. The van der Waals surface area contributed by atoms with Crippen LogP contribution in [0, 0.1) is 52.3 Å². The average molecular weight is 643 g/mol. The van der Waals surface area contributed by atoms with Gasteiger partial charge in [-0.1, -0.05) is 53.9 Å². The van der Waals surface area contributed by atoms with E-state index in [0.717, 1.165) is 54.8 Å². The summed E-state index contributed by atoms with van der Waals surface area (Å²) < 4.78 is 33.5. The number of phosphoric ester groups is 1. The fourth-order valence-corrected chi connectivity index (χ4v) is 11.0. The minimum atomic E-state index is -4.18. The molecule has 0 aromatic rings. The summed E-state index contributed by atoms with van der Waals surface area (Å²) in [5.74, 6) is 5.63. The van der Waals surface area contributed by atoms with E-state index >= 15 is 0 Å². The van der Waals surface area contributed by atoms with Crippen LogP contribution in [0.25, 0.3) is 0 Å². The number of hydrogen-bond acceptors (Lipinski definition) is 6. The summed E-state index contributed by atoms with van der Waals surface area (Å²) in [6.45, 7) is 12.8. The van der Waals surface area contributed by atoms with Crippen molar-refractivity contribution in [3.63, 3.8) is 0 Å². The third-order valence-corrected chi connectivity index (χ3v) is 13.7. The number of carbonyl (C=O) groups is 1. The van der Waals surface area contributed by atoms with E-state index in [-0.39, 0.29) is 25.9 Å². The van der Waals surface area contributed by atoms with Crippen molar-refractivity contribution < 1.29 is 37.3 Å². The third-order valence-electron chi connectivity index (χ3n) is 12.7. The third kappa shape index (κ3) is 8.82. The van der Waals surface area contributed by atoms with Crippen molar-refractivity contribution >= 4 is 14.0 Å². The first-order valence-electron chi connectivity index (χ1n) is 17.8. The molecule has 1 N–H and O–H groups in total. The number of likely N-dealkylation sites (N-methyl/N-ethyl adjacent to an activating group) is 1. The summed E-state index contributed by atoms with van der Waals surface area (Å²) >= 11 is 0. The Bertz CT molecular complexity index is 1000. The maximum Gasteiger partial charge on any atom is 0.508 e. The number of quaternary nitrogens is 1. The SMILES string of the molecule is CC(C)CCC[C@@H](C)[C@H]1CC[C@H]2[C@@H]3CC[C@H]4CC(OC(=O)OCCOP(=O)(O)OCC[N+](C)(C)C)CC[C@]4(C)[C@H]3CC[C@]12C. The van der Waals surface area contributed by atoms with Gasteiger partial charge < -0.3 is 18.9 Å². The summed E-state index contributed by atoms with van der Waals surface area (Å²) in [7, 11) is 1.72. The van der Waals surface area contributed by atoms with Gasteiger partial charge in [0.25, 0.3) is 0 Å². The Morgan fingerprint density at radius 2 is 1.57 bits per heavy atom. The van der Waals surface area contributed by atoms with Gasteiger partial charge in [0.15, 0.2) is 0 Å². The smallest absolute Gasteiger partial charge is 0.432 e. The van der Waals surface area contributed by atoms with Gasteiger partial charge in [-0.25, -0.2) is 9.36 Å². The van der Waals surface area contributed by atoms with Crippen LogP contribution in [0.4, 0.5) is 4.79 Å². The standard InChI is InChI=1S/C35H64NO7P/c1-25(2)10-9-11-26(3)30-14-15-31-29-13-12-27-24-28(16-18-34(27,4)32(29)17-19-35(30,31)5)43-33(37)40-22-23-42-44(38,39)41-21-20-36(6,7)8/h25-32H,9-24H2,1-8H3/p+1/t26-,27+,28?,29+,30-,31+,32+,34+,35-/m1/s1. The minimum Gasteiger partial charge on any atom is -0.432 e. The molecule has 0 spiro atoms. The van der Waals surface area contributed by atoms with Crippen LogP contribution in [0.3, 0.4) is 0 Å². The zero-order valence-corrected chi connectivity index (χ0v) is 30.1. The quantitative estimate of drug-likeness (QED) is 0.0880. The molecule has 0 amide bonds. The van der Waals surface area contributed by atoms with Crippen LogP contribution >= 0.6 is 7.82 Å². The van der Waals surface area contributed by atoms with Gasteiger partial charge in [0, 0.05) is 0 Å². The van der Waals surface area contributed by atoms with Crippen molar-refractivity contribution in [2.45, 2.75) is 118 Å². The van der Waals surface area contributed by atoms with Crippen LogP contribution in [-0.4, -0.2) is 69.1 Å². The number of phosphoric acid groups is 1. The summed E-state index contributed by atoms with van der Waals surface area (Å²) in [5, 5.41) is 0. The molecule has 0 heterocycles. The second-order valence-electron chi connectivity index (χ2n) is 16.9. The fraction of sp³-hybridized carbons (Fsp3) is 0.971. The average Bonchev–Trinajstić information content (AvgIpc) is 3.27. The lowest BCUT2D eigenvalue weighted by molar-refractivity contribution is -0.870. The lowest BCUT2D eigenvalue weighted by Gasteiger charge is -2.61. The first kappa shape index (κ1) is 36.2. The van der Waals surface area contributed by atoms with Crippen LogP contribution in [0.2, 0.25) is 0 Å². The van der Waals surface area contributed by atoms with E-state index in [4.69, 9.17) is 18.5 Å². The number of nitrogens with zero attached hydrogens (tertiary/aromatic N) is 1. The molecule has 9 heteroatoms. The van der Waals surface area contributed by atoms with E-state index in [0.29, 0.717) is 27.8 Å². The van der Waals surface area contributed by atoms with Crippen LogP contribution < -0.4 is 0 Å². The first-order chi connectivity index (χ1) is 20.5. The molecule has 4 fully saturated rings. The van der Waals surface area contributed by atoms with Crippen LogP contribution in [-0.2, 0) is 23.1 Å². The molecule has 4 saturated carbocycles. The Kier molecular flexibility index (Phi) is 12.0. The number of ether oxygens (including phenoxy) is 2. The van der Waals surface area contributed by atoms with Crippen molar-refractivity contribution in [3.8, 4) is 0 Å². The molecule has 256 valence electrons. The topological polar surface area (TPSA) is 91.3 Å². The molecule has 4 aliphatic rings. The minimum absolute atomic E-state index is 0.0990. The number of carbonyl (C=O) groups excluding carboxylic acids is 1. The number of rotatable bonds is 14. The van der Waals surface area contributed by atoms with Crippen LogP contribution in [0.5, 0.6) is 0 Å². The van der Waals surface area contributed by atoms with Crippen molar-refractivity contribution in [1.82, 2.24) is 0 Å². The normalized spacial score (nSPS) is 37.4. The first-order valence-corrected chi connectivity index (χ1v) is 19.3. The Morgan fingerprint density at radius 1 is 0.886 bits per heavy atom. The molecule has 4 rings (SSSR count). The summed E-state index contributed by atoms with van der Waals surface area (Å²) in [6.07, 6.45) is 14.3.